The molecule has 1 aromatic rings. The van der Waals surface area contributed by atoms with Gasteiger partial charge in [0.05, 0.1) is 6.54 Å². The van der Waals surface area contributed by atoms with E-state index < -0.39 is 0 Å². The lowest BCUT2D eigenvalue weighted by Crippen LogP contribution is -2.57. The predicted molar refractivity (Wildman–Crippen MR) is 78.5 cm³/mol. The van der Waals surface area contributed by atoms with E-state index in [1.165, 1.54) is 0 Å². The maximum Gasteiger partial charge on any atom is 0.249 e. The summed E-state index contributed by atoms with van der Waals surface area (Å²) in [4.78, 5) is 25.3. The third-order valence-corrected chi connectivity index (χ3v) is 3.65. The van der Waals surface area contributed by atoms with Gasteiger partial charge in [-0.3, -0.25) is 14.9 Å². The Bertz CT molecular complexity index is 516. The van der Waals surface area contributed by atoms with Crippen LogP contribution in [0.1, 0.15) is 32.4 Å². The lowest BCUT2D eigenvalue weighted by molar-refractivity contribution is -0.132. The van der Waals surface area contributed by atoms with Crippen LogP contribution in [0.25, 0.3) is 0 Å². The van der Waals surface area contributed by atoms with Crippen molar-refractivity contribution in [1.82, 2.24) is 10.6 Å². The smallest absolute Gasteiger partial charge is 0.249 e. The molecule has 0 saturated carbocycles. The Balaban J connectivity index is 2.36. The van der Waals surface area contributed by atoms with Crippen molar-refractivity contribution in [1.29, 1.82) is 0 Å². The highest BCUT2D eigenvalue weighted by Crippen LogP contribution is 2.28. The molecular formula is C15H21N3O2. The predicted octanol–water partition coefficient (Wildman–Crippen LogP) is 1.21. The van der Waals surface area contributed by atoms with Crippen LogP contribution in [0.4, 0.5) is 5.69 Å². The van der Waals surface area contributed by atoms with Crippen molar-refractivity contribution in [2.24, 2.45) is 0 Å². The van der Waals surface area contributed by atoms with Crippen LogP contribution in [0, 0.1) is 0 Å². The monoisotopic (exact) mass is 275 g/mol. The van der Waals surface area contributed by atoms with Gasteiger partial charge in [0.15, 0.2) is 0 Å². The summed E-state index contributed by atoms with van der Waals surface area (Å²) in [6.45, 7) is 7.03. The molecule has 0 aliphatic carbocycles. The van der Waals surface area contributed by atoms with Crippen molar-refractivity contribution in [3.8, 4) is 0 Å². The molecule has 0 radical (unpaired) electrons. The fourth-order valence-corrected chi connectivity index (χ4v) is 2.54. The summed E-state index contributed by atoms with van der Waals surface area (Å²) in [5.74, 6) is -0.494. The van der Waals surface area contributed by atoms with Gasteiger partial charge in [0.1, 0.15) is 6.04 Å². The van der Waals surface area contributed by atoms with Gasteiger partial charge >= 0.3 is 0 Å². The summed E-state index contributed by atoms with van der Waals surface area (Å²) in [6.07, 6.45) is 0. The van der Waals surface area contributed by atoms with Crippen molar-refractivity contribution >= 4 is 17.5 Å². The summed E-state index contributed by atoms with van der Waals surface area (Å²) in [7, 11) is 0. The zero-order chi connectivity index (χ0) is 14.7. The molecule has 20 heavy (non-hydrogen) atoms. The number of nitrogens with one attached hydrogen (secondary N) is 2. The first-order chi connectivity index (χ1) is 9.54. The molecule has 2 N–H and O–H groups in total. The van der Waals surface area contributed by atoms with Crippen LogP contribution < -0.4 is 15.5 Å². The summed E-state index contributed by atoms with van der Waals surface area (Å²) in [5.41, 5.74) is 2.04. The minimum Gasteiger partial charge on any atom is -0.350 e. The number of para-hydroxylation sites is 1. The van der Waals surface area contributed by atoms with Crippen LogP contribution >= 0.6 is 0 Å². The molecule has 1 saturated heterocycles. The zero-order valence-corrected chi connectivity index (χ0v) is 12.1. The highest BCUT2D eigenvalue weighted by Gasteiger charge is 2.31. The van der Waals surface area contributed by atoms with Crippen LogP contribution in [0.15, 0.2) is 24.3 Å². The molecule has 2 atom stereocenters. The quantitative estimate of drug-likeness (QED) is 0.811. The number of carbonyl (C=O) groups excluding carboxylic acids is 2. The fourth-order valence-electron chi connectivity index (χ4n) is 2.54. The Morgan fingerprint density at radius 3 is 2.80 bits per heavy atom. The van der Waals surface area contributed by atoms with Crippen LogP contribution in [-0.2, 0) is 9.59 Å². The summed E-state index contributed by atoms with van der Waals surface area (Å²) >= 11 is 0. The van der Waals surface area contributed by atoms with E-state index in [1.54, 1.807) is 0 Å². The first-order valence-corrected chi connectivity index (χ1v) is 6.97. The highest BCUT2D eigenvalue weighted by molar-refractivity contribution is 6.04. The third-order valence-electron chi connectivity index (χ3n) is 3.65. The molecule has 1 aliphatic rings. The average molecular weight is 275 g/mol. The maximum absolute atomic E-state index is 11.8. The molecule has 108 valence electrons. The van der Waals surface area contributed by atoms with E-state index >= 15 is 0 Å². The number of hydrogen-bond acceptors (Lipinski definition) is 4. The van der Waals surface area contributed by atoms with Crippen LogP contribution in [0.5, 0.6) is 0 Å². The fraction of sp³-hybridized carbons (Fsp3) is 0.467. The van der Waals surface area contributed by atoms with Crippen molar-refractivity contribution in [2.75, 3.05) is 18.0 Å². The summed E-state index contributed by atoms with van der Waals surface area (Å²) in [6, 6.07) is 7.73. The van der Waals surface area contributed by atoms with Crippen molar-refractivity contribution in [3.63, 3.8) is 0 Å². The first-order valence-electron chi connectivity index (χ1n) is 6.97. The molecule has 2 unspecified atom stereocenters. The second-order valence-corrected chi connectivity index (χ2v) is 5.05. The lowest BCUT2D eigenvalue weighted by Gasteiger charge is -2.35. The Morgan fingerprint density at radius 2 is 2.10 bits per heavy atom. The van der Waals surface area contributed by atoms with Gasteiger partial charge in [-0.15, -0.1) is 0 Å². The second kappa shape index (κ2) is 6.05. The summed E-state index contributed by atoms with van der Waals surface area (Å²) in [5, 5.41) is 5.73. The van der Waals surface area contributed by atoms with Gasteiger partial charge in [0.2, 0.25) is 11.8 Å². The van der Waals surface area contributed by atoms with Gasteiger partial charge in [0.25, 0.3) is 0 Å². The highest BCUT2D eigenvalue weighted by atomic mass is 16.2. The van der Waals surface area contributed by atoms with E-state index in [4.69, 9.17) is 0 Å². The Hall–Kier alpha value is -1.88. The molecular weight excluding hydrogens is 254 g/mol. The Morgan fingerprint density at radius 1 is 1.40 bits per heavy atom. The normalized spacial score (nSPS) is 20.8. The van der Waals surface area contributed by atoms with Gasteiger partial charge in [-0.1, -0.05) is 25.1 Å². The van der Waals surface area contributed by atoms with Gasteiger partial charge in [-0.25, -0.2) is 0 Å². The largest absolute Gasteiger partial charge is 0.350 e. The molecule has 0 spiro atoms. The van der Waals surface area contributed by atoms with E-state index in [1.807, 2.05) is 36.1 Å². The number of rotatable bonds is 4. The van der Waals surface area contributed by atoms with Crippen molar-refractivity contribution < 1.29 is 9.59 Å². The number of nitrogens with zero attached hydrogens (tertiary/aromatic N) is 1. The topological polar surface area (TPSA) is 61.4 Å². The Labute approximate surface area is 119 Å². The number of hydrogen-bond donors (Lipinski definition) is 2. The molecule has 1 fully saturated rings. The summed E-state index contributed by atoms with van der Waals surface area (Å²) < 4.78 is 0. The number of piperazine rings is 1. The van der Waals surface area contributed by atoms with Crippen molar-refractivity contribution in [2.45, 2.75) is 32.9 Å². The molecule has 0 bridgehead atoms. The third kappa shape index (κ3) is 2.82. The minimum absolute atomic E-state index is 0.170. The van der Waals surface area contributed by atoms with E-state index in [9.17, 15) is 9.59 Å². The molecule has 1 aromatic carbocycles. The number of benzene rings is 1. The average Bonchev–Trinajstić information content (AvgIpc) is 2.43. The SMILES string of the molecule is CCNC(C)c1ccccc1N1CC(=O)NC(=O)C1C. The molecule has 2 rings (SSSR count). The van der Waals surface area contributed by atoms with Gasteiger partial charge in [0, 0.05) is 11.7 Å². The standard InChI is InChI=1S/C15H21N3O2/c1-4-16-10(2)12-7-5-6-8-13(12)18-9-14(19)17-15(20)11(18)3/h5-8,10-11,16H,4,9H2,1-3H3,(H,17,19,20). The molecule has 2 amide bonds. The van der Waals surface area contributed by atoms with Gasteiger partial charge < -0.3 is 10.2 Å². The first kappa shape index (κ1) is 14.5. The van der Waals surface area contributed by atoms with Crippen molar-refractivity contribution in [3.05, 3.63) is 29.8 Å². The molecule has 1 aliphatic heterocycles. The zero-order valence-electron chi connectivity index (χ0n) is 12.1. The van der Waals surface area contributed by atoms with E-state index in [0.29, 0.717) is 0 Å². The number of amides is 2. The Kier molecular flexibility index (Phi) is 4.39. The van der Waals surface area contributed by atoms with Crippen LogP contribution in [-0.4, -0.2) is 30.9 Å². The van der Waals surface area contributed by atoms with Gasteiger partial charge in [-0.2, -0.15) is 0 Å². The van der Waals surface area contributed by atoms with Crippen LogP contribution in [0.3, 0.4) is 0 Å². The van der Waals surface area contributed by atoms with Crippen LogP contribution in [0.2, 0.25) is 0 Å². The van der Waals surface area contributed by atoms with E-state index in [2.05, 4.69) is 24.5 Å². The molecule has 1 heterocycles. The van der Waals surface area contributed by atoms with E-state index in [-0.39, 0.29) is 30.4 Å². The van der Waals surface area contributed by atoms with Gasteiger partial charge in [-0.05, 0) is 32.0 Å². The van der Waals surface area contributed by atoms with E-state index in [0.717, 1.165) is 17.8 Å². The molecule has 5 nitrogen and oxygen atoms in total. The maximum atomic E-state index is 11.8. The number of imide groups is 1. The number of anilines is 1. The molecule has 0 aromatic heterocycles. The lowest BCUT2D eigenvalue weighted by atomic mass is 10.0. The minimum atomic E-state index is -0.345. The number of carbonyl (C=O) groups is 2. The molecule has 5 heteroatoms. The second-order valence-electron chi connectivity index (χ2n) is 5.05.